The summed E-state index contributed by atoms with van der Waals surface area (Å²) in [6.45, 7) is 1.11. The van der Waals surface area contributed by atoms with E-state index in [1.165, 1.54) is 7.11 Å². The molecule has 3 atom stereocenters. The average molecular weight is 218 g/mol. The molecule has 88 valence electrons. The number of ether oxygens (including phenoxy) is 2. The monoisotopic (exact) mass is 218 g/mol. The molecule has 1 saturated heterocycles. The van der Waals surface area contributed by atoms with Gasteiger partial charge >= 0.3 is 0 Å². The van der Waals surface area contributed by atoms with Crippen molar-refractivity contribution >= 4 is 5.91 Å². The van der Waals surface area contributed by atoms with Crippen LogP contribution in [0.3, 0.4) is 0 Å². The largest absolute Gasteiger partial charge is 0.390 e. The van der Waals surface area contributed by atoms with Gasteiger partial charge in [0.05, 0.1) is 12.7 Å². The molecule has 0 aromatic carbocycles. The molecule has 0 radical (unpaired) electrons. The quantitative estimate of drug-likeness (QED) is 0.507. The van der Waals surface area contributed by atoms with Crippen molar-refractivity contribution in [2.45, 2.75) is 24.7 Å². The van der Waals surface area contributed by atoms with Gasteiger partial charge in [-0.1, -0.05) is 0 Å². The third-order valence-corrected chi connectivity index (χ3v) is 2.29. The molecule has 0 spiro atoms. The Morgan fingerprint density at radius 1 is 1.73 bits per heavy atom. The van der Waals surface area contributed by atoms with Gasteiger partial charge in [0, 0.05) is 26.6 Å². The number of hydrogen-bond donors (Lipinski definition) is 3. The molecule has 15 heavy (non-hydrogen) atoms. The summed E-state index contributed by atoms with van der Waals surface area (Å²) in [5.41, 5.74) is 5.25. The predicted molar refractivity (Wildman–Crippen MR) is 53.2 cm³/mol. The van der Waals surface area contributed by atoms with E-state index >= 15 is 0 Å². The second-order valence-corrected chi connectivity index (χ2v) is 3.50. The first kappa shape index (κ1) is 12.4. The molecule has 3 unspecified atom stereocenters. The Balaban J connectivity index is 2.36. The first-order valence-corrected chi connectivity index (χ1v) is 4.99. The Labute approximate surface area is 88.7 Å². The minimum atomic E-state index is -0.640. The second kappa shape index (κ2) is 6.02. The maximum Gasteiger partial charge on any atom is 0.249 e. The van der Waals surface area contributed by atoms with E-state index in [1.807, 2.05) is 0 Å². The molecule has 1 aliphatic heterocycles. The molecule has 4 N–H and O–H groups in total. The Morgan fingerprint density at radius 2 is 2.47 bits per heavy atom. The molecular formula is C9H18N2O4. The van der Waals surface area contributed by atoms with Crippen molar-refractivity contribution in [1.82, 2.24) is 5.32 Å². The van der Waals surface area contributed by atoms with Gasteiger partial charge in [0.25, 0.3) is 0 Å². The first-order valence-electron chi connectivity index (χ1n) is 4.99. The molecule has 0 aromatic rings. The molecule has 1 fully saturated rings. The number of hydrogen-bond acceptors (Lipinski definition) is 5. The minimum Gasteiger partial charge on any atom is -0.390 e. The highest BCUT2D eigenvalue weighted by Gasteiger charge is 2.37. The van der Waals surface area contributed by atoms with Gasteiger partial charge < -0.3 is 25.6 Å². The number of aliphatic hydroxyl groups is 1. The Bertz CT molecular complexity index is 212. The molecule has 1 rings (SSSR count). The second-order valence-electron chi connectivity index (χ2n) is 3.50. The van der Waals surface area contributed by atoms with Gasteiger partial charge in [0.15, 0.2) is 0 Å². The van der Waals surface area contributed by atoms with E-state index in [9.17, 15) is 9.90 Å². The van der Waals surface area contributed by atoms with Gasteiger partial charge in [-0.25, -0.2) is 0 Å². The standard InChI is InChI=1S/C9H18N2O4/c1-14-5-8-6(12)4-7(15-8)9(13)11-3-2-10/h6-8,12H,2-5,10H2,1H3,(H,11,13). The number of aliphatic hydroxyl groups excluding tert-OH is 1. The number of rotatable bonds is 5. The van der Waals surface area contributed by atoms with Crippen LogP contribution in [0.4, 0.5) is 0 Å². The number of carbonyl (C=O) groups excluding carboxylic acids is 1. The lowest BCUT2D eigenvalue weighted by atomic mass is 10.1. The lowest BCUT2D eigenvalue weighted by Gasteiger charge is -2.13. The summed E-state index contributed by atoms with van der Waals surface area (Å²) in [5, 5.41) is 12.2. The molecule has 0 aliphatic carbocycles. The van der Waals surface area contributed by atoms with Gasteiger partial charge in [-0.2, -0.15) is 0 Å². The van der Waals surface area contributed by atoms with Crippen molar-refractivity contribution in [3.05, 3.63) is 0 Å². The van der Waals surface area contributed by atoms with Crippen LogP contribution in [0.5, 0.6) is 0 Å². The minimum absolute atomic E-state index is 0.224. The molecule has 0 bridgehead atoms. The lowest BCUT2D eigenvalue weighted by molar-refractivity contribution is -0.133. The molecule has 6 heteroatoms. The first-order chi connectivity index (χ1) is 7.19. The molecule has 0 saturated carbocycles. The third kappa shape index (κ3) is 3.42. The van der Waals surface area contributed by atoms with Crippen LogP contribution in [-0.4, -0.2) is 56.1 Å². The van der Waals surface area contributed by atoms with Gasteiger partial charge in [0.1, 0.15) is 12.2 Å². The predicted octanol–water partition coefficient (Wildman–Crippen LogP) is -1.77. The fourth-order valence-electron chi connectivity index (χ4n) is 1.52. The topological polar surface area (TPSA) is 93.8 Å². The number of nitrogens with two attached hydrogens (primary N) is 1. The molecule has 1 heterocycles. The number of carbonyl (C=O) groups is 1. The van der Waals surface area contributed by atoms with Crippen molar-refractivity contribution in [1.29, 1.82) is 0 Å². The van der Waals surface area contributed by atoms with E-state index in [2.05, 4.69) is 5.32 Å². The SMILES string of the molecule is COCC1OC(C(=O)NCCN)CC1O. The van der Waals surface area contributed by atoms with Crippen molar-refractivity contribution in [2.75, 3.05) is 26.8 Å². The van der Waals surface area contributed by atoms with E-state index in [0.717, 1.165) is 0 Å². The molecule has 1 aliphatic rings. The Hall–Kier alpha value is -0.690. The van der Waals surface area contributed by atoms with E-state index in [1.54, 1.807) is 0 Å². The average Bonchev–Trinajstić information content (AvgIpc) is 2.58. The van der Waals surface area contributed by atoms with Gasteiger partial charge in [0.2, 0.25) is 5.91 Å². The summed E-state index contributed by atoms with van der Waals surface area (Å²) in [6.07, 6.45) is -1.33. The summed E-state index contributed by atoms with van der Waals surface area (Å²) in [5.74, 6) is -0.224. The van der Waals surface area contributed by atoms with Crippen LogP contribution < -0.4 is 11.1 Å². The van der Waals surface area contributed by atoms with Crippen LogP contribution in [0.25, 0.3) is 0 Å². The highest BCUT2D eigenvalue weighted by Crippen LogP contribution is 2.20. The third-order valence-electron chi connectivity index (χ3n) is 2.29. The maximum atomic E-state index is 11.5. The number of amides is 1. The summed E-state index contributed by atoms with van der Waals surface area (Å²) in [4.78, 5) is 11.5. The zero-order chi connectivity index (χ0) is 11.3. The van der Waals surface area contributed by atoms with Gasteiger partial charge in [-0.05, 0) is 0 Å². The summed E-state index contributed by atoms with van der Waals surface area (Å²) >= 11 is 0. The number of methoxy groups -OCH3 is 1. The maximum absolute atomic E-state index is 11.5. The smallest absolute Gasteiger partial charge is 0.249 e. The summed E-state index contributed by atoms with van der Waals surface area (Å²) in [7, 11) is 1.53. The van der Waals surface area contributed by atoms with E-state index in [4.69, 9.17) is 15.2 Å². The van der Waals surface area contributed by atoms with E-state index < -0.39 is 18.3 Å². The zero-order valence-electron chi connectivity index (χ0n) is 8.81. The molecule has 6 nitrogen and oxygen atoms in total. The van der Waals surface area contributed by atoms with Crippen molar-refractivity contribution in [2.24, 2.45) is 5.73 Å². The molecule has 0 aromatic heterocycles. The van der Waals surface area contributed by atoms with Crippen molar-refractivity contribution < 1.29 is 19.4 Å². The van der Waals surface area contributed by atoms with Crippen LogP contribution in [0.1, 0.15) is 6.42 Å². The van der Waals surface area contributed by atoms with Gasteiger partial charge in [-0.3, -0.25) is 4.79 Å². The van der Waals surface area contributed by atoms with Crippen LogP contribution in [0.2, 0.25) is 0 Å². The normalized spacial score (nSPS) is 30.5. The Kier molecular flexibility index (Phi) is 4.97. The summed E-state index contributed by atoms with van der Waals surface area (Å²) in [6, 6.07) is 0. The zero-order valence-corrected chi connectivity index (χ0v) is 8.81. The molecule has 1 amide bonds. The highest BCUT2D eigenvalue weighted by molar-refractivity contribution is 5.81. The fourth-order valence-corrected chi connectivity index (χ4v) is 1.52. The summed E-state index contributed by atoms with van der Waals surface area (Å²) < 4.78 is 10.2. The van der Waals surface area contributed by atoms with E-state index in [-0.39, 0.29) is 5.91 Å². The van der Waals surface area contributed by atoms with Crippen LogP contribution in [-0.2, 0) is 14.3 Å². The molecular weight excluding hydrogens is 200 g/mol. The Morgan fingerprint density at radius 3 is 3.07 bits per heavy atom. The van der Waals surface area contributed by atoms with Crippen LogP contribution >= 0.6 is 0 Å². The lowest BCUT2D eigenvalue weighted by Crippen LogP contribution is -2.37. The van der Waals surface area contributed by atoms with Crippen LogP contribution in [0.15, 0.2) is 0 Å². The van der Waals surface area contributed by atoms with E-state index in [0.29, 0.717) is 26.1 Å². The van der Waals surface area contributed by atoms with Gasteiger partial charge in [-0.15, -0.1) is 0 Å². The fraction of sp³-hybridized carbons (Fsp3) is 0.889. The van der Waals surface area contributed by atoms with Crippen LogP contribution in [0, 0.1) is 0 Å². The van der Waals surface area contributed by atoms with Crippen molar-refractivity contribution in [3.63, 3.8) is 0 Å². The number of nitrogens with one attached hydrogen (secondary N) is 1. The highest BCUT2D eigenvalue weighted by atomic mass is 16.6. The van der Waals surface area contributed by atoms with Crippen molar-refractivity contribution in [3.8, 4) is 0 Å².